The lowest BCUT2D eigenvalue weighted by Crippen LogP contribution is -2.47. The van der Waals surface area contributed by atoms with Gasteiger partial charge >= 0.3 is 0 Å². The van der Waals surface area contributed by atoms with Gasteiger partial charge in [-0.1, -0.05) is 0 Å². The molecule has 2 fully saturated rings. The van der Waals surface area contributed by atoms with Gasteiger partial charge in [-0.2, -0.15) is 14.6 Å². The average Bonchev–Trinajstić information content (AvgIpc) is 3.77. The van der Waals surface area contributed by atoms with Crippen LogP contribution in [0.1, 0.15) is 0 Å². The van der Waals surface area contributed by atoms with Gasteiger partial charge in [0.1, 0.15) is 18.5 Å². The van der Waals surface area contributed by atoms with Crippen LogP contribution in [0, 0.1) is 11.6 Å². The lowest BCUT2D eigenvalue weighted by atomic mass is 10.2. The molecule has 2 saturated heterocycles. The highest BCUT2D eigenvalue weighted by Gasteiger charge is 2.24. The number of hydrogen-bond acceptors (Lipinski definition) is 11. The van der Waals surface area contributed by atoms with Crippen LogP contribution in [0.5, 0.6) is 5.75 Å². The van der Waals surface area contributed by atoms with Crippen molar-refractivity contribution in [3.8, 4) is 17.3 Å². The number of ether oxygens (including phenoxy) is 2. The van der Waals surface area contributed by atoms with Crippen molar-refractivity contribution in [3.63, 3.8) is 0 Å². The number of nitrogens with two attached hydrogens (primary N) is 1. The summed E-state index contributed by atoms with van der Waals surface area (Å²) in [5.74, 6) is -0.151. The van der Waals surface area contributed by atoms with Gasteiger partial charge in [-0.05, 0) is 12.1 Å². The first-order valence-corrected chi connectivity index (χ1v) is 13.9. The van der Waals surface area contributed by atoms with Crippen LogP contribution in [0.3, 0.4) is 0 Å². The topological polar surface area (TPSA) is 137 Å². The Morgan fingerprint density at radius 2 is 1.95 bits per heavy atom. The molecule has 5 aromatic rings. The highest BCUT2D eigenvalue weighted by Crippen LogP contribution is 2.29. The fraction of sp³-hybridized carbons (Fsp3) is 0.407. The Bertz CT molecular complexity index is 1690. The van der Waals surface area contributed by atoms with Crippen LogP contribution >= 0.6 is 0 Å². The van der Waals surface area contributed by atoms with E-state index in [1.807, 2.05) is 4.90 Å². The minimum absolute atomic E-state index is 0.0263. The monoisotopic (exact) mass is 580 g/mol. The van der Waals surface area contributed by atoms with Gasteiger partial charge in [0.15, 0.2) is 28.6 Å². The Morgan fingerprint density at radius 3 is 2.74 bits per heavy atom. The van der Waals surface area contributed by atoms with E-state index < -0.39 is 11.6 Å². The van der Waals surface area contributed by atoms with E-state index in [0.29, 0.717) is 81.0 Å². The van der Waals surface area contributed by atoms with E-state index in [-0.39, 0.29) is 24.4 Å². The fourth-order valence-electron chi connectivity index (χ4n) is 5.36. The molecule has 7 rings (SSSR count). The van der Waals surface area contributed by atoms with Crippen molar-refractivity contribution < 1.29 is 22.7 Å². The van der Waals surface area contributed by atoms with E-state index in [4.69, 9.17) is 19.6 Å². The number of hydrogen-bond donors (Lipinski definition) is 2. The summed E-state index contributed by atoms with van der Waals surface area (Å²) in [5, 5.41) is 12.9. The van der Waals surface area contributed by atoms with Crippen LogP contribution < -0.4 is 20.7 Å². The third-order valence-corrected chi connectivity index (χ3v) is 7.61. The van der Waals surface area contributed by atoms with Crippen molar-refractivity contribution in [2.75, 3.05) is 69.7 Å². The Morgan fingerprint density at radius 1 is 1.07 bits per heavy atom. The maximum atomic E-state index is 14.8. The lowest BCUT2D eigenvalue weighted by Gasteiger charge is -2.36. The number of piperazine rings is 1. The van der Waals surface area contributed by atoms with Gasteiger partial charge in [-0.3, -0.25) is 4.90 Å². The van der Waals surface area contributed by atoms with Crippen LogP contribution in [0.15, 0.2) is 41.1 Å². The van der Waals surface area contributed by atoms with E-state index in [9.17, 15) is 8.78 Å². The molecule has 42 heavy (non-hydrogen) atoms. The van der Waals surface area contributed by atoms with E-state index in [2.05, 4.69) is 30.4 Å². The summed E-state index contributed by atoms with van der Waals surface area (Å²) >= 11 is 0. The zero-order valence-corrected chi connectivity index (χ0v) is 22.7. The zero-order valence-electron chi connectivity index (χ0n) is 22.7. The Hall–Kier alpha value is -4.34. The van der Waals surface area contributed by atoms with Crippen LogP contribution in [0.25, 0.3) is 28.3 Å². The number of anilines is 2. The van der Waals surface area contributed by atoms with Gasteiger partial charge in [0.05, 0.1) is 36.7 Å². The van der Waals surface area contributed by atoms with E-state index in [0.717, 1.165) is 18.0 Å². The van der Waals surface area contributed by atoms with Crippen LogP contribution in [0.2, 0.25) is 0 Å². The van der Waals surface area contributed by atoms with E-state index in [1.54, 1.807) is 29.3 Å². The number of nitrogens with one attached hydrogen (secondary N) is 1. The molecule has 1 atom stereocenters. The molecule has 0 radical (unpaired) electrons. The third kappa shape index (κ3) is 5.10. The quantitative estimate of drug-likeness (QED) is 0.278. The lowest BCUT2D eigenvalue weighted by molar-refractivity contribution is -0.000550. The molecule has 220 valence electrons. The van der Waals surface area contributed by atoms with Gasteiger partial charge in [0.25, 0.3) is 0 Å². The number of fused-ring (bicyclic) bond motifs is 3. The summed E-state index contributed by atoms with van der Waals surface area (Å²) in [7, 11) is 0. The molecule has 0 bridgehead atoms. The molecule has 1 aromatic carbocycles. The summed E-state index contributed by atoms with van der Waals surface area (Å²) < 4.78 is 49.2. The average molecular weight is 581 g/mol. The van der Waals surface area contributed by atoms with E-state index in [1.165, 1.54) is 10.6 Å². The molecule has 0 saturated carbocycles. The van der Waals surface area contributed by atoms with Crippen LogP contribution in [0.4, 0.5) is 20.4 Å². The standard InChI is InChI=1S/C27H30F2N10O3/c28-19-12-20(29)23(42-16-17-14-31-3-11-40-17)13-21(19)37-7-4-36(5-8-37)6-9-38-25-18(15-32-38)26-33-24(22-2-1-10-41-22)35-39(26)27(30)34-25/h1-2,10,12-13,15,17,31H,3-9,11,14,16H2,(H2,30,34). The second-order valence-electron chi connectivity index (χ2n) is 10.3. The number of nitrogen functional groups attached to an aromatic ring is 1. The highest BCUT2D eigenvalue weighted by atomic mass is 19.1. The Kier molecular flexibility index (Phi) is 7.05. The van der Waals surface area contributed by atoms with Crippen LogP contribution in [-0.4, -0.2) is 99.4 Å². The largest absolute Gasteiger partial charge is 0.488 e. The minimum Gasteiger partial charge on any atom is -0.488 e. The second-order valence-corrected chi connectivity index (χ2v) is 10.3. The van der Waals surface area contributed by atoms with Crippen molar-refractivity contribution in [3.05, 3.63) is 48.4 Å². The first-order chi connectivity index (χ1) is 20.5. The molecule has 0 spiro atoms. The van der Waals surface area contributed by atoms with Crippen molar-refractivity contribution in [1.82, 2.24) is 39.6 Å². The predicted octanol–water partition coefficient (Wildman–Crippen LogP) is 1.78. The SMILES string of the molecule is Nc1nc2c(cnn2CCN2CCN(c3cc(OCC4CNCCO4)c(F)cc3F)CC2)c2nc(-c3ccco3)nn12. The first-order valence-electron chi connectivity index (χ1n) is 13.9. The zero-order chi connectivity index (χ0) is 28.6. The number of furan rings is 1. The van der Waals surface area contributed by atoms with Gasteiger partial charge in [0.2, 0.25) is 11.8 Å². The maximum Gasteiger partial charge on any atom is 0.225 e. The molecule has 1 unspecified atom stereocenters. The van der Waals surface area contributed by atoms with Gasteiger partial charge < -0.3 is 29.8 Å². The summed E-state index contributed by atoms with van der Waals surface area (Å²) in [6, 6.07) is 5.89. The molecule has 2 aliphatic heterocycles. The summed E-state index contributed by atoms with van der Waals surface area (Å²) in [6.07, 6.45) is 3.10. The molecule has 2 aliphatic rings. The van der Waals surface area contributed by atoms with Gasteiger partial charge in [0, 0.05) is 57.9 Å². The van der Waals surface area contributed by atoms with Crippen molar-refractivity contribution in [2.45, 2.75) is 12.6 Å². The molecule has 13 nitrogen and oxygen atoms in total. The number of rotatable bonds is 8. The number of benzene rings is 1. The molecule has 4 aromatic heterocycles. The molecule has 0 amide bonds. The molecular formula is C27H30F2N10O3. The summed E-state index contributed by atoms with van der Waals surface area (Å²) in [4.78, 5) is 13.3. The molecule has 6 heterocycles. The summed E-state index contributed by atoms with van der Waals surface area (Å²) in [6.45, 7) is 6.03. The normalized spacial score (nSPS) is 18.3. The number of morpholine rings is 1. The minimum atomic E-state index is -0.722. The predicted molar refractivity (Wildman–Crippen MR) is 149 cm³/mol. The number of halogens is 2. The smallest absolute Gasteiger partial charge is 0.225 e. The maximum absolute atomic E-state index is 14.8. The van der Waals surface area contributed by atoms with E-state index >= 15 is 0 Å². The van der Waals surface area contributed by atoms with Crippen molar-refractivity contribution >= 4 is 28.3 Å². The number of aromatic nitrogens is 6. The van der Waals surface area contributed by atoms with Crippen LogP contribution in [-0.2, 0) is 11.3 Å². The summed E-state index contributed by atoms with van der Waals surface area (Å²) in [5.41, 5.74) is 7.71. The molecular weight excluding hydrogens is 550 g/mol. The Labute approximate surface area is 238 Å². The Balaban J connectivity index is 0.993. The third-order valence-electron chi connectivity index (χ3n) is 7.61. The molecule has 3 N–H and O–H groups in total. The van der Waals surface area contributed by atoms with Gasteiger partial charge in [-0.25, -0.2) is 18.4 Å². The molecule has 0 aliphatic carbocycles. The fourth-order valence-corrected chi connectivity index (χ4v) is 5.36. The number of nitrogens with zero attached hydrogens (tertiary/aromatic N) is 8. The molecule has 15 heteroatoms. The van der Waals surface area contributed by atoms with Gasteiger partial charge in [-0.15, -0.1) is 5.10 Å². The van der Waals surface area contributed by atoms with Crippen molar-refractivity contribution in [1.29, 1.82) is 0 Å². The highest BCUT2D eigenvalue weighted by molar-refractivity contribution is 5.90. The van der Waals surface area contributed by atoms with Crippen molar-refractivity contribution in [2.24, 2.45) is 0 Å². The first kappa shape index (κ1) is 26.6. The second kappa shape index (κ2) is 11.2.